The number of hydrogen-bond acceptors (Lipinski definition) is 3. The van der Waals surface area contributed by atoms with Crippen LogP contribution in [-0.2, 0) is 11.2 Å². The van der Waals surface area contributed by atoms with Crippen LogP contribution in [-0.4, -0.2) is 15.6 Å². The third kappa shape index (κ3) is 2.87. The Labute approximate surface area is 117 Å². The van der Waals surface area contributed by atoms with Crippen molar-refractivity contribution in [1.29, 1.82) is 0 Å². The number of fused-ring (bicyclic) bond motifs is 1. The van der Waals surface area contributed by atoms with Crippen molar-refractivity contribution in [3.8, 4) is 0 Å². The summed E-state index contributed by atoms with van der Waals surface area (Å²) in [6.45, 7) is 5.84. The van der Waals surface area contributed by atoms with Crippen LogP contribution in [0.5, 0.6) is 0 Å². The summed E-state index contributed by atoms with van der Waals surface area (Å²) in [5.74, 6) is 0.729. The molecular formula is C15H19N3O2. The van der Waals surface area contributed by atoms with Gasteiger partial charge in [-0.1, -0.05) is 32.9 Å². The van der Waals surface area contributed by atoms with Crippen molar-refractivity contribution >= 4 is 16.8 Å². The molecule has 20 heavy (non-hydrogen) atoms. The summed E-state index contributed by atoms with van der Waals surface area (Å²) in [5.41, 5.74) is 3.06. The van der Waals surface area contributed by atoms with Gasteiger partial charge in [0.2, 0.25) is 5.91 Å². The predicted octanol–water partition coefficient (Wildman–Crippen LogP) is 2.08. The van der Waals surface area contributed by atoms with Crippen LogP contribution in [0.2, 0.25) is 0 Å². The van der Waals surface area contributed by atoms with Gasteiger partial charge < -0.3 is 0 Å². The van der Waals surface area contributed by atoms with Crippen LogP contribution < -0.4 is 11.0 Å². The van der Waals surface area contributed by atoms with Gasteiger partial charge in [-0.2, -0.15) is 0 Å². The maximum absolute atomic E-state index is 12.5. The Morgan fingerprint density at radius 3 is 2.70 bits per heavy atom. The molecule has 0 aliphatic carbocycles. The third-order valence-electron chi connectivity index (χ3n) is 2.99. The predicted molar refractivity (Wildman–Crippen MR) is 79.2 cm³/mol. The van der Waals surface area contributed by atoms with Gasteiger partial charge >= 0.3 is 0 Å². The first-order valence-electron chi connectivity index (χ1n) is 6.83. The highest BCUT2D eigenvalue weighted by Gasteiger charge is 2.13. The average molecular weight is 273 g/mol. The maximum atomic E-state index is 12.5. The van der Waals surface area contributed by atoms with Crippen molar-refractivity contribution in [1.82, 2.24) is 9.66 Å². The fourth-order valence-electron chi connectivity index (χ4n) is 2.00. The van der Waals surface area contributed by atoms with Crippen LogP contribution >= 0.6 is 0 Å². The van der Waals surface area contributed by atoms with E-state index in [4.69, 9.17) is 0 Å². The van der Waals surface area contributed by atoms with Gasteiger partial charge in [0.1, 0.15) is 5.82 Å². The molecule has 1 heterocycles. The first-order valence-corrected chi connectivity index (χ1v) is 6.83. The second-order valence-electron chi connectivity index (χ2n) is 5.17. The summed E-state index contributed by atoms with van der Waals surface area (Å²) in [4.78, 5) is 28.6. The van der Waals surface area contributed by atoms with E-state index < -0.39 is 0 Å². The molecule has 1 amide bonds. The zero-order valence-corrected chi connectivity index (χ0v) is 12.0. The molecule has 2 rings (SSSR count). The van der Waals surface area contributed by atoms with E-state index in [2.05, 4.69) is 10.4 Å². The first-order chi connectivity index (χ1) is 9.52. The highest BCUT2D eigenvalue weighted by Crippen LogP contribution is 2.10. The summed E-state index contributed by atoms with van der Waals surface area (Å²) in [5, 5.41) is 0.511. The number of rotatable bonds is 4. The highest BCUT2D eigenvalue weighted by atomic mass is 16.2. The van der Waals surface area contributed by atoms with Crippen LogP contribution in [0.4, 0.5) is 0 Å². The lowest BCUT2D eigenvalue weighted by molar-refractivity contribution is -0.116. The molecule has 0 saturated carbocycles. The Morgan fingerprint density at radius 1 is 1.35 bits per heavy atom. The average Bonchev–Trinajstić information content (AvgIpc) is 2.42. The van der Waals surface area contributed by atoms with Crippen molar-refractivity contribution < 1.29 is 4.79 Å². The van der Waals surface area contributed by atoms with E-state index in [9.17, 15) is 9.59 Å². The number of nitrogens with one attached hydrogen (secondary N) is 1. The monoisotopic (exact) mass is 273 g/mol. The Kier molecular flexibility index (Phi) is 4.17. The number of carbonyl (C=O) groups is 1. The molecule has 106 valence electrons. The first kappa shape index (κ1) is 14.2. The molecule has 0 radical (unpaired) electrons. The van der Waals surface area contributed by atoms with Gasteiger partial charge in [-0.05, 0) is 18.1 Å². The van der Waals surface area contributed by atoms with E-state index in [1.165, 1.54) is 4.68 Å². The Morgan fingerprint density at radius 2 is 2.05 bits per heavy atom. The van der Waals surface area contributed by atoms with Gasteiger partial charge in [0.15, 0.2) is 0 Å². The summed E-state index contributed by atoms with van der Waals surface area (Å²) in [6, 6.07) is 7.17. The zero-order chi connectivity index (χ0) is 14.7. The number of benzene rings is 1. The van der Waals surface area contributed by atoms with Gasteiger partial charge in [-0.3, -0.25) is 15.0 Å². The molecule has 0 aliphatic heterocycles. The van der Waals surface area contributed by atoms with Crippen molar-refractivity contribution in [3.63, 3.8) is 0 Å². The minimum absolute atomic E-state index is 0.200. The number of carbonyl (C=O) groups excluding carboxylic acids is 1. The Bertz CT molecular complexity index is 689. The summed E-state index contributed by atoms with van der Waals surface area (Å²) in [6.07, 6.45) is 0.949. The summed E-state index contributed by atoms with van der Waals surface area (Å²) < 4.78 is 1.29. The van der Waals surface area contributed by atoms with Gasteiger partial charge in [0.05, 0.1) is 10.9 Å². The lowest BCUT2D eigenvalue weighted by Crippen LogP contribution is -2.36. The van der Waals surface area contributed by atoms with Crippen LogP contribution in [0, 0.1) is 5.92 Å². The number of aromatic nitrogens is 2. The van der Waals surface area contributed by atoms with Gasteiger partial charge in [-0.15, -0.1) is 0 Å². The summed E-state index contributed by atoms with van der Waals surface area (Å²) in [7, 11) is 0. The molecule has 2 aromatic rings. The fourth-order valence-corrected chi connectivity index (χ4v) is 2.00. The molecular weight excluding hydrogens is 254 g/mol. The second-order valence-corrected chi connectivity index (χ2v) is 5.17. The van der Waals surface area contributed by atoms with Crippen molar-refractivity contribution in [2.75, 3.05) is 5.43 Å². The smallest absolute Gasteiger partial charge is 0.273 e. The molecule has 1 aromatic carbocycles. The lowest BCUT2D eigenvalue weighted by Gasteiger charge is -2.15. The summed E-state index contributed by atoms with van der Waals surface area (Å²) >= 11 is 0. The zero-order valence-electron chi connectivity index (χ0n) is 12.0. The molecule has 0 spiro atoms. The van der Waals surface area contributed by atoms with Gasteiger partial charge in [0, 0.05) is 12.8 Å². The van der Waals surface area contributed by atoms with Crippen molar-refractivity contribution in [2.24, 2.45) is 5.92 Å². The molecule has 0 unspecified atom stereocenters. The molecule has 0 bridgehead atoms. The molecule has 0 saturated heterocycles. The van der Waals surface area contributed by atoms with E-state index in [0.29, 0.717) is 35.5 Å². The Hall–Kier alpha value is -2.17. The van der Waals surface area contributed by atoms with E-state index in [-0.39, 0.29) is 11.5 Å². The van der Waals surface area contributed by atoms with E-state index in [1.807, 2.05) is 26.0 Å². The van der Waals surface area contributed by atoms with Crippen molar-refractivity contribution in [2.45, 2.75) is 33.6 Å². The quantitative estimate of drug-likeness (QED) is 0.927. The topological polar surface area (TPSA) is 64.0 Å². The number of nitrogens with zero attached hydrogens (tertiary/aromatic N) is 2. The number of para-hydroxylation sites is 1. The van der Waals surface area contributed by atoms with E-state index in [0.717, 1.165) is 0 Å². The SMILES string of the molecule is CCC(=O)Nn1c(CC(C)C)nc2ccccc2c1=O. The molecule has 0 atom stereocenters. The number of hydrogen-bond donors (Lipinski definition) is 1. The lowest BCUT2D eigenvalue weighted by atomic mass is 10.1. The normalized spacial score (nSPS) is 11.0. The minimum atomic E-state index is -0.229. The molecule has 5 heteroatoms. The molecule has 1 N–H and O–H groups in total. The maximum Gasteiger partial charge on any atom is 0.280 e. The van der Waals surface area contributed by atoms with Gasteiger partial charge in [0.25, 0.3) is 5.56 Å². The highest BCUT2D eigenvalue weighted by molar-refractivity contribution is 5.84. The molecule has 1 aromatic heterocycles. The second kappa shape index (κ2) is 5.86. The third-order valence-corrected chi connectivity index (χ3v) is 2.99. The van der Waals surface area contributed by atoms with Crippen LogP contribution in [0.3, 0.4) is 0 Å². The van der Waals surface area contributed by atoms with Gasteiger partial charge in [-0.25, -0.2) is 9.66 Å². The minimum Gasteiger partial charge on any atom is -0.273 e. The van der Waals surface area contributed by atoms with E-state index in [1.54, 1.807) is 19.1 Å². The largest absolute Gasteiger partial charge is 0.280 e. The van der Waals surface area contributed by atoms with Crippen LogP contribution in [0.1, 0.15) is 33.0 Å². The molecule has 0 aliphatic rings. The number of amides is 1. The molecule has 5 nitrogen and oxygen atoms in total. The van der Waals surface area contributed by atoms with Crippen LogP contribution in [0.15, 0.2) is 29.1 Å². The standard InChI is InChI=1S/C15H19N3O2/c1-4-14(19)17-18-13(9-10(2)3)16-12-8-6-5-7-11(12)15(18)20/h5-8,10H,4,9H2,1-3H3,(H,17,19). The van der Waals surface area contributed by atoms with Crippen molar-refractivity contribution in [3.05, 3.63) is 40.4 Å². The Balaban J connectivity index is 2.63. The van der Waals surface area contributed by atoms with Crippen LogP contribution in [0.25, 0.3) is 10.9 Å². The molecule has 0 fully saturated rings. The van der Waals surface area contributed by atoms with E-state index >= 15 is 0 Å². The fraction of sp³-hybridized carbons (Fsp3) is 0.400.